The molecule has 0 aromatic carbocycles. The number of hydrogen-bond donors (Lipinski definition) is 3. The van der Waals surface area contributed by atoms with Gasteiger partial charge in [-0.05, 0) is 12.8 Å². The van der Waals surface area contributed by atoms with Gasteiger partial charge in [0.2, 0.25) is 11.8 Å². The minimum atomic E-state index is -0.721. The van der Waals surface area contributed by atoms with E-state index in [2.05, 4.69) is 10.6 Å². The molecule has 94 valence electrons. The fourth-order valence-electron chi connectivity index (χ4n) is 1.17. The van der Waals surface area contributed by atoms with Gasteiger partial charge in [-0.25, -0.2) is 0 Å². The smallest absolute Gasteiger partial charge is 0.220 e. The van der Waals surface area contributed by atoms with Crippen LogP contribution < -0.4 is 10.6 Å². The molecule has 0 atom stereocenters. The molecule has 0 rings (SSSR count). The molecule has 0 unspecified atom stereocenters. The van der Waals surface area contributed by atoms with Crippen LogP contribution >= 0.6 is 0 Å². The summed E-state index contributed by atoms with van der Waals surface area (Å²) in [5, 5.41) is 14.7. The number of rotatable bonds is 8. The molecule has 0 spiro atoms. The zero-order valence-electron chi connectivity index (χ0n) is 10.1. The van der Waals surface area contributed by atoms with Crippen LogP contribution in [0.5, 0.6) is 0 Å². The Labute approximate surface area is 96.6 Å². The quantitative estimate of drug-likeness (QED) is 0.556. The molecule has 0 aromatic heterocycles. The zero-order chi connectivity index (χ0) is 12.4. The minimum Gasteiger partial charge on any atom is -0.389 e. The fraction of sp³-hybridized carbons (Fsp3) is 0.818. The first-order chi connectivity index (χ1) is 7.60. The largest absolute Gasteiger partial charge is 0.389 e. The third-order valence-electron chi connectivity index (χ3n) is 2.02. The van der Waals surface area contributed by atoms with E-state index in [1.807, 2.05) is 13.8 Å². The van der Waals surface area contributed by atoms with Crippen molar-refractivity contribution >= 4 is 11.8 Å². The molecule has 0 aliphatic carbocycles. The lowest BCUT2D eigenvalue weighted by Gasteiger charge is -2.12. The van der Waals surface area contributed by atoms with E-state index in [9.17, 15) is 14.7 Å². The van der Waals surface area contributed by atoms with Crippen molar-refractivity contribution in [3.05, 3.63) is 0 Å². The van der Waals surface area contributed by atoms with E-state index in [4.69, 9.17) is 0 Å². The summed E-state index contributed by atoms with van der Waals surface area (Å²) in [5.74, 6) is -0.136. The third-order valence-corrected chi connectivity index (χ3v) is 2.02. The van der Waals surface area contributed by atoms with Crippen LogP contribution in [0.3, 0.4) is 0 Å². The van der Waals surface area contributed by atoms with Crippen molar-refractivity contribution in [3.8, 4) is 0 Å². The Kier molecular flexibility index (Phi) is 8.52. The molecule has 16 heavy (non-hydrogen) atoms. The van der Waals surface area contributed by atoms with Gasteiger partial charge in [-0.15, -0.1) is 0 Å². The van der Waals surface area contributed by atoms with E-state index >= 15 is 0 Å². The molecule has 0 heterocycles. The van der Waals surface area contributed by atoms with Gasteiger partial charge >= 0.3 is 0 Å². The standard InChI is InChI=1S/C11H22N2O3/c1-3-5-10(15)12-7-9(14)8-13-11(16)6-4-2/h9,14H,3-8H2,1-2H3,(H,12,15)(H,13,16). The predicted octanol–water partition coefficient (Wildman–Crippen LogP) is 0.180. The van der Waals surface area contributed by atoms with E-state index in [0.29, 0.717) is 12.8 Å². The monoisotopic (exact) mass is 230 g/mol. The van der Waals surface area contributed by atoms with E-state index in [1.54, 1.807) is 0 Å². The zero-order valence-corrected chi connectivity index (χ0v) is 10.1. The van der Waals surface area contributed by atoms with Crippen molar-refractivity contribution in [1.29, 1.82) is 0 Å². The van der Waals surface area contributed by atoms with Crippen LogP contribution in [0, 0.1) is 0 Å². The van der Waals surface area contributed by atoms with Crippen molar-refractivity contribution in [2.45, 2.75) is 45.6 Å². The third kappa shape index (κ3) is 8.23. The minimum absolute atomic E-state index is 0.0681. The summed E-state index contributed by atoms with van der Waals surface area (Å²) in [5.41, 5.74) is 0. The Morgan fingerprint density at radius 2 is 1.38 bits per heavy atom. The van der Waals surface area contributed by atoms with E-state index in [0.717, 1.165) is 12.8 Å². The highest BCUT2D eigenvalue weighted by atomic mass is 16.3. The molecule has 0 radical (unpaired) electrons. The summed E-state index contributed by atoms with van der Waals surface area (Å²) >= 11 is 0. The average molecular weight is 230 g/mol. The first-order valence-corrected chi connectivity index (χ1v) is 5.81. The van der Waals surface area contributed by atoms with Crippen LogP contribution in [-0.2, 0) is 9.59 Å². The van der Waals surface area contributed by atoms with Crippen LogP contribution in [0.25, 0.3) is 0 Å². The second kappa shape index (κ2) is 9.15. The molecule has 0 saturated heterocycles. The Hall–Kier alpha value is -1.10. The number of carbonyl (C=O) groups excluding carboxylic acids is 2. The molecule has 0 fully saturated rings. The summed E-state index contributed by atoms with van der Waals surface area (Å²) in [7, 11) is 0. The van der Waals surface area contributed by atoms with E-state index < -0.39 is 6.10 Å². The van der Waals surface area contributed by atoms with Crippen LogP contribution in [0.2, 0.25) is 0 Å². The molecule has 0 aliphatic rings. The van der Waals surface area contributed by atoms with Crippen LogP contribution in [0.15, 0.2) is 0 Å². The molecular formula is C11H22N2O3. The lowest BCUT2D eigenvalue weighted by atomic mass is 10.3. The molecular weight excluding hydrogens is 208 g/mol. The number of hydrogen-bond acceptors (Lipinski definition) is 3. The van der Waals surface area contributed by atoms with Gasteiger partial charge in [0.1, 0.15) is 0 Å². The van der Waals surface area contributed by atoms with Gasteiger partial charge in [-0.3, -0.25) is 9.59 Å². The number of carbonyl (C=O) groups is 2. The topological polar surface area (TPSA) is 78.4 Å². The maximum atomic E-state index is 11.1. The fourth-order valence-corrected chi connectivity index (χ4v) is 1.17. The number of nitrogens with one attached hydrogen (secondary N) is 2. The Balaban J connectivity index is 3.54. The molecule has 0 aromatic rings. The van der Waals surface area contributed by atoms with Crippen molar-refractivity contribution in [3.63, 3.8) is 0 Å². The van der Waals surface area contributed by atoms with Gasteiger partial charge in [-0.1, -0.05) is 13.8 Å². The lowest BCUT2D eigenvalue weighted by molar-refractivity contribution is -0.121. The molecule has 0 bridgehead atoms. The van der Waals surface area contributed by atoms with Crippen LogP contribution in [-0.4, -0.2) is 36.1 Å². The van der Waals surface area contributed by atoms with E-state index in [-0.39, 0.29) is 24.9 Å². The maximum Gasteiger partial charge on any atom is 0.220 e. The molecule has 5 heteroatoms. The summed E-state index contributed by atoms with van der Waals surface area (Å²) < 4.78 is 0. The van der Waals surface area contributed by atoms with Gasteiger partial charge in [-0.2, -0.15) is 0 Å². The van der Waals surface area contributed by atoms with Crippen molar-refractivity contribution in [1.82, 2.24) is 10.6 Å². The molecule has 2 amide bonds. The van der Waals surface area contributed by atoms with Crippen molar-refractivity contribution in [2.24, 2.45) is 0 Å². The van der Waals surface area contributed by atoms with Crippen molar-refractivity contribution < 1.29 is 14.7 Å². The molecule has 3 N–H and O–H groups in total. The highest BCUT2D eigenvalue weighted by Crippen LogP contribution is 1.88. The number of aliphatic hydroxyl groups is 1. The number of amides is 2. The second-order valence-electron chi connectivity index (χ2n) is 3.76. The summed E-state index contributed by atoms with van der Waals surface area (Å²) in [4.78, 5) is 22.2. The molecule has 0 aliphatic heterocycles. The first kappa shape index (κ1) is 14.9. The maximum absolute atomic E-state index is 11.1. The lowest BCUT2D eigenvalue weighted by Crippen LogP contribution is -2.39. The Bertz CT molecular complexity index is 197. The van der Waals surface area contributed by atoms with Crippen LogP contribution in [0.4, 0.5) is 0 Å². The van der Waals surface area contributed by atoms with Crippen molar-refractivity contribution in [2.75, 3.05) is 13.1 Å². The second-order valence-corrected chi connectivity index (χ2v) is 3.76. The highest BCUT2D eigenvalue weighted by molar-refractivity contribution is 5.76. The van der Waals surface area contributed by atoms with Gasteiger partial charge in [0.25, 0.3) is 0 Å². The Morgan fingerprint density at radius 3 is 1.69 bits per heavy atom. The van der Waals surface area contributed by atoms with Gasteiger partial charge in [0.05, 0.1) is 6.10 Å². The predicted molar refractivity (Wildman–Crippen MR) is 61.8 cm³/mol. The van der Waals surface area contributed by atoms with Gasteiger partial charge < -0.3 is 15.7 Å². The normalized spacial score (nSPS) is 10.2. The van der Waals surface area contributed by atoms with Gasteiger partial charge in [0, 0.05) is 25.9 Å². The summed E-state index contributed by atoms with van der Waals surface area (Å²) in [6.45, 7) is 4.21. The van der Waals surface area contributed by atoms with Crippen LogP contribution in [0.1, 0.15) is 39.5 Å². The highest BCUT2D eigenvalue weighted by Gasteiger charge is 2.07. The Morgan fingerprint density at radius 1 is 1.00 bits per heavy atom. The van der Waals surface area contributed by atoms with Gasteiger partial charge in [0.15, 0.2) is 0 Å². The average Bonchev–Trinajstić information content (AvgIpc) is 2.24. The number of aliphatic hydroxyl groups excluding tert-OH is 1. The molecule has 5 nitrogen and oxygen atoms in total. The molecule has 0 saturated carbocycles. The SMILES string of the molecule is CCCC(=O)NCC(O)CNC(=O)CCC. The first-order valence-electron chi connectivity index (χ1n) is 5.81. The van der Waals surface area contributed by atoms with E-state index in [1.165, 1.54) is 0 Å². The summed E-state index contributed by atoms with van der Waals surface area (Å²) in [6.07, 6.45) is 1.79. The summed E-state index contributed by atoms with van der Waals surface area (Å²) in [6, 6.07) is 0.